The van der Waals surface area contributed by atoms with Crippen LogP contribution in [0.4, 0.5) is 0 Å². The van der Waals surface area contributed by atoms with E-state index in [0.29, 0.717) is 29.3 Å². The highest BCUT2D eigenvalue weighted by molar-refractivity contribution is 5.96. The Balaban J connectivity index is 1.51. The number of amides is 1. The summed E-state index contributed by atoms with van der Waals surface area (Å²) < 4.78 is 14.0. The lowest BCUT2D eigenvalue weighted by molar-refractivity contribution is 0.0950. The Labute approximate surface area is 214 Å². The molecule has 0 fully saturated rings. The number of rotatable bonds is 10. The normalized spacial score (nSPS) is 12.4. The molecule has 9 nitrogen and oxygen atoms in total. The third-order valence-electron chi connectivity index (χ3n) is 6.66. The fourth-order valence-electron chi connectivity index (χ4n) is 4.64. The van der Waals surface area contributed by atoms with Gasteiger partial charge < -0.3 is 19.4 Å². The van der Waals surface area contributed by atoms with Gasteiger partial charge in [0.2, 0.25) is 6.79 Å². The summed E-state index contributed by atoms with van der Waals surface area (Å²) in [6.07, 6.45) is 8.36. The van der Waals surface area contributed by atoms with Gasteiger partial charge in [0.1, 0.15) is 16.8 Å². The van der Waals surface area contributed by atoms with E-state index in [1.54, 1.807) is 22.9 Å². The van der Waals surface area contributed by atoms with E-state index >= 15 is 0 Å². The number of aromatic nitrogens is 3. The Hall–Kier alpha value is -4.14. The zero-order chi connectivity index (χ0) is 25.8. The number of fused-ring (bicyclic) bond motifs is 3. The first-order chi connectivity index (χ1) is 18.1. The number of ether oxygens (including phenoxy) is 2. The molecule has 0 aliphatic carbocycles. The van der Waals surface area contributed by atoms with Crippen molar-refractivity contribution in [3.63, 3.8) is 0 Å². The number of carbonyl (C=O) groups excluding carboxylic acids is 1. The van der Waals surface area contributed by atoms with E-state index in [-0.39, 0.29) is 41.2 Å². The maximum atomic E-state index is 13.4. The van der Waals surface area contributed by atoms with Crippen molar-refractivity contribution >= 4 is 22.6 Å². The van der Waals surface area contributed by atoms with Crippen molar-refractivity contribution in [3.05, 3.63) is 75.6 Å². The van der Waals surface area contributed by atoms with Crippen LogP contribution in [0.5, 0.6) is 11.5 Å². The van der Waals surface area contributed by atoms with Crippen LogP contribution in [0.25, 0.3) is 16.7 Å². The van der Waals surface area contributed by atoms with Crippen molar-refractivity contribution in [1.82, 2.24) is 19.3 Å². The Morgan fingerprint density at radius 3 is 2.73 bits per heavy atom. The van der Waals surface area contributed by atoms with E-state index in [9.17, 15) is 9.59 Å². The van der Waals surface area contributed by atoms with E-state index in [4.69, 9.17) is 19.9 Å². The third kappa shape index (κ3) is 5.07. The highest BCUT2D eigenvalue weighted by Crippen LogP contribution is 2.32. The van der Waals surface area contributed by atoms with E-state index < -0.39 is 0 Å². The zero-order valence-electron chi connectivity index (χ0n) is 21.0. The van der Waals surface area contributed by atoms with Crippen molar-refractivity contribution in [1.29, 1.82) is 5.41 Å². The molecule has 1 amide bonds. The molecule has 0 saturated heterocycles. The standard InChI is InChI=1S/C28H31N5O4/c1-2-3-4-5-6-8-13-30-27(34)20-16-21-26(31-24-10-7-9-14-32(24)28(21)35)33(25(20)29)17-19-11-12-22-23(15-19)37-18-36-22/h7,9-12,14-16,29H,2-6,8,13,17-18H2,1H3,(H,30,34). The molecular weight excluding hydrogens is 470 g/mol. The lowest BCUT2D eigenvalue weighted by Crippen LogP contribution is -2.35. The summed E-state index contributed by atoms with van der Waals surface area (Å²) in [4.78, 5) is 31.3. The van der Waals surface area contributed by atoms with Gasteiger partial charge in [-0.1, -0.05) is 51.2 Å². The molecule has 0 radical (unpaired) electrons. The molecule has 192 valence electrons. The number of nitrogens with zero attached hydrogens (tertiary/aromatic N) is 3. The third-order valence-corrected chi connectivity index (χ3v) is 6.66. The van der Waals surface area contributed by atoms with E-state index in [1.165, 1.54) is 29.7 Å². The molecule has 9 heteroatoms. The Bertz CT molecular complexity index is 1570. The van der Waals surface area contributed by atoms with Crippen LogP contribution < -0.4 is 25.8 Å². The fraction of sp³-hybridized carbons (Fsp3) is 0.357. The maximum absolute atomic E-state index is 13.4. The number of unbranched alkanes of at least 4 members (excludes halogenated alkanes) is 5. The van der Waals surface area contributed by atoms with Gasteiger partial charge in [-0.2, -0.15) is 0 Å². The van der Waals surface area contributed by atoms with Crippen LogP contribution >= 0.6 is 0 Å². The molecule has 0 saturated carbocycles. The topological polar surface area (TPSA) is 111 Å². The van der Waals surface area contributed by atoms with Crippen molar-refractivity contribution in [2.75, 3.05) is 13.3 Å². The lowest BCUT2D eigenvalue weighted by atomic mass is 10.1. The van der Waals surface area contributed by atoms with Gasteiger partial charge in [-0.05, 0) is 42.3 Å². The minimum absolute atomic E-state index is 0.00204. The van der Waals surface area contributed by atoms with Crippen LogP contribution in [-0.2, 0) is 6.54 Å². The summed E-state index contributed by atoms with van der Waals surface area (Å²) in [5.41, 5.74) is 1.52. The van der Waals surface area contributed by atoms with Gasteiger partial charge >= 0.3 is 0 Å². The zero-order valence-corrected chi connectivity index (χ0v) is 21.0. The minimum Gasteiger partial charge on any atom is -0.454 e. The van der Waals surface area contributed by atoms with Gasteiger partial charge in [-0.25, -0.2) is 4.98 Å². The van der Waals surface area contributed by atoms with Gasteiger partial charge in [-0.15, -0.1) is 0 Å². The number of benzene rings is 1. The predicted octanol–water partition coefficient (Wildman–Crippen LogP) is 4.00. The van der Waals surface area contributed by atoms with Crippen LogP contribution in [0.15, 0.2) is 53.5 Å². The smallest absolute Gasteiger partial charge is 0.267 e. The first kappa shape index (κ1) is 24.5. The average molecular weight is 502 g/mol. The van der Waals surface area contributed by atoms with E-state index in [1.807, 2.05) is 24.3 Å². The predicted molar refractivity (Wildman–Crippen MR) is 140 cm³/mol. The summed E-state index contributed by atoms with van der Waals surface area (Å²) in [6, 6.07) is 12.4. The molecule has 0 bridgehead atoms. The molecule has 4 aromatic rings. The molecule has 37 heavy (non-hydrogen) atoms. The molecule has 1 aliphatic rings. The molecule has 1 aromatic carbocycles. The minimum atomic E-state index is -0.363. The van der Waals surface area contributed by atoms with Crippen molar-refractivity contribution in [2.24, 2.45) is 0 Å². The van der Waals surface area contributed by atoms with E-state index in [2.05, 4.69) is 12.2 Å². The molecule has 0 unspecified atom stereocenters. The quantitative estimate of drug-likeness (QED) is 0.252. The molecular formula is C28H31N5O4. The van der Waals surface area contributed by atoms with Gasteiger partial charge in [0.05, 0.1) is 17.5 Å². The van der Waals surface area contributed by atoms with Crippen LogP contribution in [-0.4, -0.2) is 33.2 Å². The first-order valence-corrected chi connectivity index (χ1v) is 12.8. The van der Waals surface area contributed by atoms with Gasteiger partial charge in [0.25, 0.3) is 11.5 Å². The van der Waals surface area contributed by atoms with E-state index in [0.717, 1.165) is 24.8 Å². The molecule has 2 N–H and O–H groups in total. The number of hydrogen-bond acceptors (Lipinski definition) is 6. The highest BCUT2D eigenvalue weighted by atomic mass is 16.7. The Morgan fingerprint density at radius 1 is 1.05 bits per heavy atom. The fourth-order valence-corrected chi connectivity index (χ4v) is 4.64. The summed E-state index contributed by atoms with van der Waals surface area (Å²) in [7, 11) is 0. The second-order valence-corrected chi connectivity index (χ2v) is 9.29. The number of hydrogen-bond donors (Lipinski definition) is 2. The SMILES string of the molecule is CCCCCCCCNC(=O)c1cc2c(=O)n3ccccc3nc2n(Cc2ccc3c(c2)OCO3)c1=N. The Morgan fingerprint density at radius 2 is 1.86 bits per heavy atom. The van der Waals surface area contributed by atoms with Crippen LogP contribution in [0.3, 0.4) is 0 Å². The van der Waals surface area contributed by atoms with Crippen LogP contribution in [0.1, 0.15) is 61.4 Å². The van der Waals surface area contributed by atoms with Gasteiger partial charge in [0, 0.05) is 12.7 Å². The monoisotopic (exact) mass is 501 g/mol. The first-order valence-electron chi connectivity index (χ1n) is 12.8. The summed E-state index contributed by atoms with van der Waals surface area (Å²) in [5, 5.41) is 12.2. The molecule has 3 aromatic heterocycles. The van der Waals surface area contributed by atoms with Crippen molar-refractivity contribution in [3.8, 4) is 11.5 Å². The number of nitrogens with one attached hydrogen (secondary N) is 2. The van der Waals surface area contributed by atoms with Crippen LogP contribution in [0, 0.1) is 5.41 Å². The number of pyridine rings is 2. The maximum Gasteiger partial charge on any atom is 0.267 e. The molecule has 0 atom stereocenters. The Kier molecular flexibility index (Phi) is 7.20. The number of carbonyl (C=O) groups is 1. The largest absolute Gasteiger partial charge is 0.454 e. The second-order valence-electron chi connectivity index (χ2n) is 9.29. The molecule has 0 spiro atoms. The molecule has 4 heterocycles. The van der Waals surface area contributed by atoms with Crippen molar-refractivity contribution < 1.29 is 14.3 Å². The summed E-state index contributed by atoms with van der Waals surface area (Å²) >= 11 is 0. The molecule has 5 rings (SSSR count). The lowest BCUT2D eigenvalue weighted by Gasteiger charge is -2.15. The molecule has 1 aliphatic heterocycles. The second kappa shape index (κ2) is 10.9. The van der Waals surface area contributed by atoms with Crippen LogP contribution in [0.2, 0.25) is 0 Å². The summed E-state index contributed by atoms with van der Waals surface area (Å²) in [6.45, 7) is 3.11. The highest BCUT2D eigenvalue weighted by Gasteiger charge is 2.19. The average Bonchev–Trinajstić information content (AvgIpc) is 3.38. The van der Waals surface area contributed by atoms with Gasteiger partial charge in [-0.3, -0.25) is 19.4 Å². The van der Waals surface area contributed by atoms with Crippen molar-refractivity contribution in [2.45, 2.75) is 52.0 Å². The van der Waals surface area contributed by atoms with Gasteiger partial charge in [0.15, 0.2) is 11.5 Å². The summed E-state index contributed by atoms with van der Waals surface area (Å²) in [5.74, 6) is 0.924.